The van der Waals surface area contributed by atoms with Gasteiger partial charge in [0, 0.05) is 6.42 Å². The van der Waals surface area contributed by atoms with E-state index in [4.69, 9.17) is 14.2 Å². The van der Waals surface area contributed by atoms with Gasteiger partial charge in [-0.15, -0.1) is 0 Å². The van der Waals surface area contributed by atoms with E-state index in [-0.39, 0.29) is 5.97 Å². The van der Waals surface area contributed by atoms with E-state index < -0.39 is 0 Å². The van der Waals surface area contributed by atoms with Crippen molar-refractivity contribution in [2.24, 2.45) is 0 Å². The fraction of sp³-hybridized carbons (Fsp3) is 0.316. The second kappa shape index (κ2) is 9.45. The first-order valence-corrected chi connectivity index (χ1v) is 7.90. The van der Waals surface area contributed by atoms with Gasteiger partial charge in [-0.25, -0.2) is 4.79 Å². The Morgan fingerprint density at radius 3 is 2.12 bits per heavy atom. The average Bonchev–Trinajstić information content (AvgIpc) is 2.63. The molecule has 0 fully saturated rings. The summed E-state index contributed by atoms with van der Waals surface area (Å²) in [6, 6.07) is 14.5. The van der Waals surface area contributed by atoms with Gasteiger partial charge in [0.2, 0.25) is 0 Å². The molecule has 128 valence electrons. The Morgan fingerprint density at radius 1 is 0.875 bits per heavy atom. The van der Waals surface area contributed by atoms with Crippen LogP contribution in [0.4, 0.5) is 0 Å². The molecule has 2 aromatic carbocycles. The molecule has 0 amide bonds. The SMILES string of the molecule is CCOc1ccccc1OCCCOc1ccc(C(=O)OC)cc1. The molecule has 0 N–H and O–H groups in total. The highest BCUT2D eigenvalue weighted by molar-refractivity contribution is 5.89. The Hall–Kier alpha value is -2.69. The minimum atomic E-state index is -0.358. The van der Waals surface area contributed by atoms with Crippen LogP contribution in [0.3, 0.4) is 0 Å². The van der Waals surface area contributed by atoms with Crippen molar-refractivity contribution >= 4 is 5.97 Å². The number of rotatable bonds is 9. The van der Waals surface area contributed by atoms with Gasteiger partial charge in [-0.05, 0) is 43.3 Å². The van der Waals surface area contributed by atoms with Gasteiger partial charge >= 0.3 is 5.97 Å². The van der Waals surface area contributed by atoms with Crippen LogP contribution in [-0.2, 0) is 4.74 Å². The molecule has 0 unspecified atom stereocenters. The quantitative estimate of drug-likeness (QED) is 0.518. The van der Waals surface area contributed by atoms with Gasteiger partial charge in [0.05, 0.1) is 32.5 Å². The van der Waals surface area contributed by atoms with Gasteiger partial charge in [-0.3, -0.25) is 0 Å². The Balaban J connectivity index is 1.72. The molecule has 24 heavy (non-hydrogen) atoms. The van der Waals surface area contributed by atoms with Gasteiger partial charge < -0.3 is 18.9 Å². The summed E-state index contributed by atoms with van der Waals surface area (Å²) in [5.74, 6) is 1.83. The van der Waals surface area contributed by atoms with Gasteiger partial charge in [0.25, 0.3) is 0 Å². The van der Waals surface area contributed by atoms with E-state index in [9.17, 15) is 4.79 Å². The molecule has 0 radical (unpaired) electrons. The summed E-state index contributed by atoms with van der Waals surface area (Å²) in [7, 11) is 1.36. The fourth-order valence-corrected chi connectivity index (χ4v) is 2.08. The molecule has 0 aromatic heterocycles. The number of esters is 1. The van der Waals surface area contributed by atoms with Crippen LogP contribution in [0.2, 0.25) is 0 Å². The zero-order valence-corrected chi connectivity index (χ0v) is 14.0. The van der Waals surface area contributed by atoms with Crippen molar-refractivity contribution in [2.75, 3.05) is 26.9 Å². The number of methoxy groups -OCH3 is 1. The molecule has 0 heterocycles. The molecular formula is C19H22O5. The molecule has 2 aromatic rings. The summed E-state index contributed by atoms with van der Waals surface area (Å²) in [6.45, 7) is 3.60. The summed E-state index contributed by atoms with van der Waals surface area (Å²) < 4.78 is 21.5. The topological polar surface area (TPSA) is 54.0 Å². The highest BCUT2D eigenvalue weighted by Gasteiger charge is 2.05. The lowest BCUT2D eigenvalue weighted by molar-refractivity contribution is 0.0600. The molecular weight excluding hydrogens is 308 g/mol. The maximum atomic E-state index is 11.3. The van der Waals surface area contributed by atoms with Crippen LogP contribution < -0.4 is 14.2 Å². The Labute approximate surface area is 142 Å². The lowest BCUT2D eigenvalue weighted by atomic mass is 10.2. The number of carbonyl (C=O) groups is 1. The first kappa shape index (κ1) is 17.7. The zero-order valence-electron chi connectivity index (χ0n) is 14.0. The number of benzene rings is 2. The summed E-state index contributed by atoms with van der Waals surface area (Å²) in [4.78, 5) is 11.3. The minimum Gasteiger partial charge on any atom is -0.493 e. The predicted molar refractivity (Wildman–Crippen MR) is 91.0 cm³/mol. The highest BCUT2D eigenvalue weighted by atomic mass is 16.5. The lowest BCUT2D eigenvalue weighted by Gasteiger charge is -2.12. The van der Waals surface area contributed by atoms with Crippen molar-refractivity contribution in [3.8, 4) is 17.2 Å². The summed E-state index contributed by atoms with van der Waals surface area (Å²) in [6.07, 6.45) is 0.735. The van der Waals surface area contributed by atoms with Gasteiger partial charge in [0.1, 0.15) is 5.75 Å². The Kier molecular flexibility index (Phi) is 6.95. The van der Waals surface area contributed by atoms with Crippen LogP contribution >= 0.6 is 0 Å². The monoisotopic (exact) mass is 330 g/mol. The maximum Gasteiger partial charge on any atom is 0.337 e. The first-order valence-electron chi connectivity index (χ1n) is 7.90. The number of ether oxygens (including phenoxy) is 4. The number of para-hydroxylation sites is 2. The van der Waals surface area contributed by atoms with E-state index in [0.717, 1.165) is 17.9 Å². The molecule has 0 aliphatic heterocycles. The third-order valence-corrected chi connectivity index (χ3v) is 3.24. The molecule has 0 aliphatic rings. The van der Waals surface area contributed by atoms with Crippen molar-refractivity contribution in [1.82, 2.24) is 0 Å². The van der Waals surface area contributed by atoms with Crippen molar-refractivity contribution < 1.29 is 23.7 Å². The largest absolute Gasteiger partial charge is 0.493 e. The van der Waals surface area contributed by atoms with Crippen molar-refractivity contribution in [2.45, 2.75) is 13.3 Å². The molecule has 0 aliphatic carbocycles. The van der Waals surface area contributed by atoms with E-state index in [1.54, 1.807) is 24.3 Å². The number of hydrogen-bond acceptors (Lipinski definition) is 5. The lowest BCUT2D eigenvalue weighted by Crippen LogP contribution is -2.06. The van der Waals surface area contributed by atoms with Crippen LogP contribution in [-0.4, -0.2) is 32.9 Å². The van der Waals surface area contributed by atoms with Gasteiger partial charge in [-0.2, -0.15) is 0 Å². The predicted octanol–water partition coefficient (Wildman–Crippen LogP) is 3.72. The van der Waals surface area contributed by atoms with Gasteiger partial charge in [-0.1, -0.05) is 12.1 Å². The standard InChI is InChI=1S/C19H22O5/c1-3-22-17-7-4-5-8-18(17)24-14-6-13-23-16-11-9-15(10-12-16)19(20)21-2/h4-5,7-12H,3,6,13-14H2,1-2H3. The second-order valence-corrected chi connectivity index (χ2v) is 4.95. The Bertz CT molecular complexity index is 636. The third kappa shape index (κ3) is 5.19. The van der Waals surface area contributed by atoms with Crippen LogP contribution in [0.1, 0.15) is 23.7 Å². The van der Waals surface area contributed by atoms with Gasteiger partial charge in [0.15, 0.2) is 11.5 Å². The van der Waals surface area contributed by atoms with E-state index >= 15 is 0 Å². The molecule has 0 bridgehead atoms. The normalized spacial score (nSPS) is 10.1. The van der Waals surface area contributed by atoms with Crippen molar-refractivity contribution in [3.63, 3.8) is 0 Å². The molecule has 2 rings (SSSR count). The fourth-order valence-electron chi connectivity index (χ4n) is 2.08. The summed E-state index contributed by atoms with van der Waals surface area (Å²) in [5.41, 5.74) is 0.501. The van der Waals surface area contributed by atoms with Crippen molar-refractivity contribution in [1.29, 1.82) is 0 Å². The van der Waals surface area contributed by atoms with Crippen LogP contribution in [0, 0.1) is 0 Å². The van der Waals surface area contributed by atoms with Crippen LogP contribution in [0.15, 0.2) is 48.5 Å². The molecule has 0 saturated heterocycles. The van der Waals surface area contributed by atoms with E-state index in [1.807, 2.05) is 31.2 Å². The molecule has 5 nitrogen and oxygen atoms in total. The smallest absolute Gasteiger partial charge is 0.337 e. The summed E-state index contributed by atoms with van der Waals surface area (Å²) in [5, 5.41) is 0. The average molecular weight is 330 g/mol. The van der Waals surface area contributed by atoms with Crippen molar-refractivity contribution in [3.05, 3.63) is 54.1 Å². The Morgan fingerprint density at radius 2 is 1.50 bits per heavy atom. The van der Waals surface area contributed by atoms with E-state index in [2.05, 4.69) is 4.74 Å². The van der Waals surface area contributed by atoms with Crippen LogP contribution in [0.5, 0.6) is 17.2 Å². The molecule has 5 heteroatoms. The zero-order chi connectivity index (χ0) is 17.2. The van der Waals surface area contributed by atoms with E-state index in [0.29, 0.717) is 31.1 Å². The summed E-state index contributed by atoms with van der Waals surface area (Å²) >= 11 is 0. The minimum absolute atomic E-state index is 0.358. The first-order chi connectivity index (χ1) is 11.7. The third-order valence-electron chi connectivity index (χ3n) is 3.24. The highest BCUT2D eigenvalue weighted by Crippen LogP contribution is 2.26. The number of carbonyl (C=O) groups excluding carboxylic acids is 1. The maximum absolute atomic E-state index is 11.3. The van der Waals surface area contributed by atoms with E-state index in [1.165, 1.54) is 7.11 Å². The molecule has 0 spiro atoms. The molecule has 0 saturated carbocycles. The molecule has 0 atom stereocenters. The van der Waals surface area contributed by atoms with Crippen LogP contribution in [0.25, 0.3) is 0 Å². The number of hydrogen-bond donors (Lipinski definition) is 0. The second-order valence-electron chi connectivity index (χ2n) is 4.95.